The summed E-state index contributed by atoms with van der Waals surface area (Å²) in [4.78, 5) is 29.2. The quantitative estimate of drug-likeness (QED) is 0.828. The molecule has 5 heteroatoms. The molecule has 2 bridgehead atoms. The van der Waals surface area contributed by atoms with Crippen LogP contribution >= 0.6 is 0 Å². The molecule has 146 valence electrons. The van der Waals surface area contributed by atoms with Gasteiger partial charge in [0.1, 0.15) is 11.5 Å². The number of rotatable bonds is 4. The van der Waals surface area contributed by atoms with E-state index < -0.39 is 0 Å². The molecule has 4 rings (SSSR count). The average molecular weight is 378 g/mol. The third-order valence-corrected chi connectivity index (χ3v) is 6.12. The van der Waals surface area contributed by atoms with Crippen LogP contribution in [0.3, 0.4) is 0 Å². The first kappa shape index (κ1) is 18.7. The van der Waals surface area contributed by atoms with Crippen LogP contribution in [0.5, 0.6) is 11.6 Å². The van der Waals surface area contributed by atoms with Crippen molar-refractivity contribution >= 4 is 17.4 Å². The summed E-state index contributed by atoms with van der Waals surface area (Å²) in [5, 5.41) is 2.96. The van der Waals surface area contributed by atoms with E-state index in [0.29, 0.717) is 30.2 Å². The van der Waals surface area contributed by atoms with Gasteiger partial charge in [-0.05, 0) is 68.9 Å². The van der Waals surface area contributed by atoms with Crippen molar-refractivity contribution in [1.29, 1.82) is 0 Å². The second-order valence-corrected chi connectivity index (χ2v) is 8.12. The molecule has 1 unspecified atom stereocenters. The van der Waals surface area contributed by atoms with E-state index in [9.17, 15) is 9.59 Å². The molecule has 2 saturated carbocycles. The summed E-state index contributed by atoms with van der Waals surface area (Å²) >= 11 is 0. The van der Waals surface area contributed by atoms with Crippen molar-refractivity contribution in [2.75, 3.05) is 5.32 Å². The number of nitrogens with zero attached hydrogens (tertiary/aromatic N) is 1. The Morgan fingerprint density at radius 3 is 2.46 bits per heavy atom. The molecule has 28 heavy (non-hydrogen) atoms. The van der Waals surface area contributed by atoms with Gasteiger partial charge in [0.05, 0.1) is 11.9 Å². The molecule has 5 nitrogen and oxygen atoms in total. The Kier molecular flexibility index (Phi) is 5.16. The number of aromatic nitrogens is 1. The minimum atomic E-state index is -0.0838. The highest BCUT2D eigenvalue weighted by Gasteiger charge is 2.41. The van der Waals surface area contributed by atoms with E-state index in [-0.39, 0.29) is 23.7 Å². The van der Waals surface area contributed by atoms with Crippen LogP contribution in [0.1, 0.15) is 43.2 Å². The lowest BCUT2D eigenvalue weighted by atomic mass is 9.67. The van der Waals surface area contributed by atoms with Crippen molar-refractivity contribution in [3.63, 3.8) is 0 Å². The van der Waals surface area contributed by atoms with E-state index in [0.717, 1.165) is 30.6 Å². The van der Waals surface area contributed by atoms with E-state index >= 15 is 0 Å². The number of pyridine rings is 1. The number of benzene rings is 1. The van der Waals surface area contributed by atoms with Gasteiger partial charge in [-0.25, -0.2) is 4.98 Å². The minimum Gasteiger partial charge on any atom is -0.439 e. The van der Waals surface area contributed by atoms with Crippen molar-refractivity contribution in [3.8, 4) is 11.6 Å². The molecule has 2 aromatic rings. The maximum atomic E-state index is 12.7. The second-order valence-electron chi connectivity index (χ2n) is 8.12. The number of ether oxygens (including phenoxy) is 1. The van der Waals surface area contributed by atoms with Crippen molar-refractivity contribution < 1.29 is 14.3 Å². The predicted molar refractivity (Wildman–Crippen MR) is 107 cm³/mol. The topological polar surface area (TPSA) is 68.3 Å². The summed E-state index contributed by atoms with van der Waals surface area (Å²) in [6, 6.07) is 9.47. The van der Waals surface area contributed by atoms with Crippen LogP contribution in [-0.4, -0.2) is 16.7 Å². The number of carbonyl (C=O) groups excluding carboxylic acids is 2. The molecule has 2 fully saturated rings. The molecule has 0 aliphatic heterocycles. The highest BCUT2D eigenvalue weighted by atomic mass is 16.5. The third-order valence-electron chi connectivity index (χ3n) is 6.12. The molecule has 1 aromatic carbocycles. The van der Waals surface area contributed by atoms with E-state index in [1.165, 1.54) is 5.56 Å². The average Bonchev–Trinajstić information content (AvgIpc) is 2.66. The third kappa shape index (κ3) is 3.93. The van der Waals surface area contributed by atoms with Gasteiger partial charge in [0.25, 0.3) is 0 Å². The lowest BCUT2D eigenvalue weighted by Gasteiger charge is -2.36. The van der Waals surface area contributed by atoms with Crippen LogP contribution < -0.4 is 10.1 Å². The maximum Gasteiger partial charge on any atom is 0.227 e. The van der Waals surface area contributed by atoms with Crippen molar-refractivity contribution in [2.24, 2.45) is 17.8 Å². The Hall–Kier alpha value is -2.69. The van der Waals surface area contributed by atoms with Gasteiger partial charge in [0.2, 0.25) is 11.8 Å². The van der Waals surface area contributed by atoms with Gasteiger partial charge in [-0.1, -0.05) is 12.5 Å². The fourth-order valence-corrected chi connectivity index (χ4v) is 4.35. The second kappa shape index (κ2) is 7.74. The molecule has 1 N–H and O–H groups in total. The zero-order chi connectivity index (χ0) is 19.7. The van der Waals surface area contributed by atoms with Crippen molar-refractivity contribution in [1.82, 2.24) is 4.98 Å². The smallest absolute Gasteiger partial charge is 0.227 e. The largest absolute Gasteiger partial charge is 0.439 e. The van der Waals surface area contributed by atoms with Crippen molar-refractivity contribution in [3.05, 3.63) is 47.7 Å². The Labute approximate surface area is 165 Å². The Bertz CT molecular complexity index is 875. The van der Waals surface area contributed by atoms with E-state index in [1.54, 1.807) is 18.3 Å². The molecule has 1 heterocycles. The molecule has 2 aliphatic rings. The van der Waals surface area contributed by atoms with Crippen LogP contribution in [0.15, 0.2) is 36.5 Å². The number of hydrogen-bond acceptors (Lipinski definition) is 4. The summed E-state index contributed by atoms with van der Waals surface area (Å²) < 4.78 is 5.79. The first-order chi connectivity index (χ1) is 13.5. The number of Topliss-reactive ketones (excluding diaryl/α,β-unsaturated/α-hetero) is 1. The first-order valence-electron chi connectivity index (χ1n) is 10.1. The number of nitrogens with one attached hydrogen (secondary N) is 1. The molecule has 1 aromatic heterocycles. The summed E-state index contributed by atoms with van der Waals surface area (Å²) in [6.07, 6.45) is 5.96. The van der Waals surface area contributed by atoms with Gasteiger partial charge >= 0.3 is 0 Å². The van der Waals surface area contributed by atoms with Crippen LogP contribution in [0.25, 0.3) is 0 Å². The van der Waals surface area contributed by atoms with Gasteiger partial charge in [0.15, 0.2) is 0 Å². The SMILES string of the molecule is Cc1ccc(Oc2ccc(NC(=O)C3C[C@H]4CCC[C@@H](C3)C4=O)cn2)cc1C. The van der Waals surface area contributed by atoms with Gasteiger partial charge in [-0.2, -0.15) is 0 Å². The van der Waals surface area contributed by atoms with E-state index in [4.69, 9.17) is 4.74 Å². The number of fused-ring (bicyclic) bond motifs is 2. The molecule has 0 spiro atoms. The Morgan fingerprint density at radius 1 is 1.07 bits per heavy atom. The van der Waals surface area contributed by atoms with Crippen molar-refractivity contribution in [2.45, 2.75) is 46.0 Å². The fraction of sp³-hybridized carbons (Fsp3) is 0.435. The summed E-state index contributed by atoms with van der Waals surface area (Å²) in [6.45, 7) is 4.10. The number of ketones is 1. The number of aryl methyl sites for hydroxylation is 2. The number of carbonyl (C=O) groups is 2. The highest BCUT2D eigenvalue weighted by Crippen LogP contribution is 2.40. The summed E-state index contributed by atoms with van der Waals surface area (Å²) in [5.74, 6) is 1.67. The molecular formula is C23H26N2O3. The summed E-state index contributed by atoms with van der Waals surface area (Å²) in [7, 11) is 0. The molecule has 0 saturated heterocycles. The van der Waals surface area contributed by atoms with Gasteiger partial charge < -0.3 is 10.1 Å². The number of anilines is 1. The fourth-order valence-electron chi connectivity index (χ4n) is 4.35. The Morgan fingerprint density at radius 2 is 1.82 bits per heavy atom. The number of hydrogen-bond donors (Lipinski definition) is 1. The zero-order valence-corrected chi connectivity index (χ0v) is 16.4. The van der Waals surface area contributed by atoms with Gasteiger partial charge in [-0.15, -0.1) is 0 Å². The molecule has 2 aliphatic carbocycles. The van der Waals surface area contributed by atoms with Gasteiger partial charge in [0, 0.05) is 23.8 Å². The van der Waals surface area contributed by atoms with E-state index in [2.05, 4.69) is 17.2 Å². The van der Waals surface area contributed by atoms with Crippen LogP contribution in [-0.2, 0) is 9.59 Å². The molecular weight excluding hydrogens is 352 g/mol. The molecule has 0 radical (unpaired) electrons. The normalized spacial score (nSPS) is 23.9. The van der Waals surface area contributed by atoms with Gasteiger partial charge in [-0.3, -0.25) is 9.59 Å². The lowest BCUT2D eigenvalue weighted by molar-refractivity contribution is -0.136. The minimum absolute atomic E-state index is 0.00553. The van der Waals surface area contributed by atoms with Crippen LogP contribution in [0.4, 0.5) is 5.69 Å². The zero-order valence-electron chi connectivity index (χ0n) is 16.4. The highest BCUT2D eigenvalue weighted by molar-refractivity contribution is 5.95. The predicted octanol–water partition coefficient (Wildman–Crippen LogP) is 4.82. The number of amides is 1. The van der Waals surface area contributed by atoms with Crippen LogP contribution in [0, 0.1) is 31.6 Å². The van der Waals surface area contributed by atoms with Crippen LogP contribution in [0.2, 0.25) is 0 Å². The Balaban J connectivity index is 1.37. The summed E-state index contributed by atoms with van der Waals surface area (Å²) in [5.41, 5.74) is 3.03. The molecule has 1 amide bonds. The standard InChI is InChI=1S/C23H26N2O3/c1-14-6-8-20(10-15(14)2)28-21-9-7-19(13-24-21)25-23(27)18-11-16-4-3-5-17(12-18)22(16)26/h6-10,13,16-18H,3-5,11-12H2,1-2H3,(H,25,27)/t16-,17+,18?. The monoisotopic (exact) mass is 378 g/mol. The molecule has 3 atom stereocenters. The van der Waals surface area contributed by atoms with E-state index in [1.807, 2.05) is 25.1 Å². The lowest BCUT2D eigenvalue weighted by Crippen LogP contribution is -2.40. The maximum absolute atomic E-state index is 12.7. The first-order valence-corrected chi connectivity index (χ1v) is 10.1.